The van der Waals surface area contributed by atoms with E-state index in [4.69, 9.17) is 11.6 Å². The molecular weight excluding hydrogens is 596 g/mol. The molecule has 226 valence electrons. The minimum absolute atomic E-state index is 0.0145. The molecule has 0 spiro atoms. The number of aromatic nitrogens is 3. The van der Waals surface area contributed by atoms with Crippen LogP contribution < -0.4 is 24.8 Å². The lowest BCUT2D eigenvalue weighted by molar-refractivity contribution is -0.286. The molecule has 3 heterocycles. The van der Waals surface area contributed by atoms with Gasteiger partial charge in [-0.05, 0) is 50.2 Å². The Morgan fingerprint density at radius 1 is 0.932 bits per heavy atom. The Morgan fingerprint density at radius 2 is 1.64 bits per heavy atom. The van der Waals surface area contributed by atoms with Gasteiger partial charge >= 0.3 is 6.29 Å². The van der Waals surface area contributed by atoms with E-state index in [1.165, 1.54) is 28.0 Å². The lowest BCUT2D eigenvalue weighted by Crippen LogP contribution is -2.39. The maximum atomic E-state index is 14.2. The Hall–Kier alpha value is -4.97. The molecule has 0 unspecified atom stereocenters. The molecule has 0 aliphatic carbocycles. The quantitative estimate of drug-likeness (QED) is 0.235. The summed E-state index contributed by atoms with van der Waals surface area (Å²) in [7, 11) is 1.71. The maximum absolute atomic E-state index is 14.2. The third kappa shape index (κ3) is 4.90. The van der Waals surface area contributed by atoms with Gasteiger partial charge in [0, 0.05) is 58.9 Å². The van der Waals surface area contributed by atoms with Gasteiger partial charge < -0.3 is 23.8 Å². The molecule has 0 fully saturated rings. The van der Waals surface area contributed by atoms with E-state index >= 15 is 0 Å². The van der Waals surface area contributed by atoms with Crippen molar-refractivity contribution in [2.75, 3.05) is 22.9 Å². The van der Waals surface area contributed by atoms with Gasteiger partial charge in [-0.3, -0.25) is 14.4 Å². The number of para-hydroxylation sites is 1. The SMILES string of the molecule is CCN(C(=O)Cn1nc(C(=O)N(CC)c2cccc(Cl)c2)c2c3ccccc3n(C)c2c1=O)c1ccc2c(c1)OC(F)(F)O2. The second-order valence-corrected chi connectivity index (χ2v) is 10.5. The average molecular weight is 622 g/mol. The summed E-state index contributed by atoms with van der Waals surface area (Å²) in [6.45, 7) is 3.39. The number of hydrogen-bond acceptors (Lipinski definition) is 6. The van der Waals surface area contributed by atoms with E-state index in [9.17, 15) is 23.2 Å². The van der Waals surface area contributed by atoms with Gasteiger partial charge in [-0.15, -0.1) is 8.78 Å². The van der Waals surface area contributed by atoms with Crippen molar-refractivity contribution in [3.8, 4) is 11.5 Å². The Balaban J connectivity index is 1.46. The molecule has 0 saturated carbocycles. The second kappa shape index (κ2) is 10.9. The molecule has 0 radical (unpaired) electrons. The largest absolute Gasteiger partial charge is 0.586 e. The van der Waals surface area contributed by atoms with Crippen LogP contribution in [0, 0.1) is 0 Å². The Labute approximate surface area is 254 Å². The number of carbonyl (C=O) groups excluding carboxylic acids is 2. The third-order valence-corrected chi connectivity index (χ3v) is 7.72. The van der Waals surface area contributed by atoms with E-state index < -0.39 is 30.2 Å². The lowest BCUT2D eigenvalue weighted by atomic mass is 10.1. The van der Waals surface area contributed by atoms with Crippen molar-refractivity contribution < 1.29 is 27.8 Å². The number of likely N-dealkylation sites (N-methyl/N-ethyl adjacent to an activating group) is 1. The summed E-state index contributed by atoms with van der Waals surface area (Å²) < 4.78 is 38.8. The number of alkyl halides is 2. The number of carbonyl (C=O) groups is 2. The van der Waals surface area contributed by atoms with E-state index in [-0.39, 0.29) is 41.5 Å². The molecule has 13 heteroatoms. The zero-order valence-corrected chi connectivity index (χ0v) is 24.6. The first-order valence-corrected chi connectivity index (χ1v) is 14.2. The highest BCUT2D eigenvalue weighted by molar-refractivity contribution is 6.31. The van der Waals surface area contributed by atoms with Gasteiger partial charge in [0.05, 0.1) is 0 Å². The van der Waals surface area contributed by atoms with E-state index in [0.717, 1.165) is 4.68 Å². The summed E-state index contributed by atoms with van der Waals surface area (Å²) in [5, 5.41) is 5.95. The van der Waals surface area contributed by atoms with Gasteiger partial charge in [-0.2, -0.15) is 5.10 Å². The number of fused-ring (bicyclic) bond motifs is 4. The second-order valence-electron chi connectivity index (χ2n) is 10.1. The summed E-state index contributed by atoms with van der Waals surface area (Å²) in [6.07, 6.45) is -3.81. The predicted molar refractivity (Wildman–Crippen MR) is 162 cm³/mol. The Bertz CT molecular complexity index is 2020. The van der Waals surface area contributed by atoms with Gasteiger partial charge in [0.15, 0.2) is 17.2 Å². The van der Waals surface area contributed by atoms with Crippen molar-refractivity contribution >= 4 is 56.6 Å². The van der Waals surface area contributed by atoms with Crippen molar-refractivity contribution in [3.05, 3.63) is 87.8 Å². The molecule has 6 rings (SSSR count). The fraction of sp³-hybridized carbons (Fsp3) is 0.226. The standard InChI is InChI=1S/C31H26ClF2N5O5/c1-4-37(20-13-14-23-24(16-20)44-31(33,34)43-23)25(40)17-39-30(42)28-26(21-11-6-7-12-22(21)36(28)3)27(35-39)29(41)38(5-2)19-10-8-9-18(32)15-19/h6-16H,4-5,17H2,1-3H3. The molecule has 0 N–H and O–H groups in total. The monoisotopic (exact) mass is 621 g/mol. The minimum atomic E-state index is -3.81. The first-order valence-electron chi connectivity index (χ1n) is 13.8. The highest BCUT2D eigenvalue weighted by Gasteiger charge is 2.43. The van der Waals surface area contributed by atoms with Crippen LogP contribution in [-0.4, -0.2) is 45.5 Å². The Kier molecular flexibility index (Phi) is 7.24. The van der Waals surface area contributed by atoms with Crippen LogP contribution in [0.25, 0.3) is 21.8 Å². The van der Waals surface area contributed by atoms with Gasteiger partial charge in [-0.25, -0.2) is 4.68 Å². The molecule has 10 nitrogen and oxygen atoms in total. The van der Waals surface area contributed by atoms with Gasteiger partial charge in [0.2, 0.25) is 5.91 Å². The van der Waals surface area contributed by atoms with E-state index in [1.807, 2.05) is 18.2 Å². The minimum Gasteiger partial charge on any atom is -0.395 e. The van der Waals surface area contributed by atoms with E-state index in [1.54, 1.807) is 55.8 Å². The highest BCUT2D eigenvalue weighted by Crippen LogP contribution is 2.43. The molecule has 0 saturated heterocycles. The van der Waals surface area contributed by atoms with Gasteiger partial charge in [0.1, 0.15) is 12.1 Å². The van der Waals surface area contributed by atoms with Crippen LogP contribution in [0.1, 0.15) is 24.3 Å². The number of hydrogen-bond donors (Lipinski definition) is 0. The predicted octanol–water partition coefficient (Wildman–Crippen LogP) is 5.58. The lowest BCUT2D eigenvalue weighted by Gasteiger charge is -2.23. The molecule has 0 bridgehead atoms. The summed E-state index contributed by atoms with van der Waals surface area (Å²) in [5.74, 6) is -1.43. The zero-order chi connectivity index (χ0) is 31.3. The molecule has 1 aliphatic heterocycles. The number of rotatable bonds is 7. The molecule has 44 heavy (non-hydrogen) atoms. The van der Waals surface area contributed by atoms with Crippen molar-refractivity contribution in [2.45, 2.75) is 26.7 Å². The molecule has 2 amide bonds. The van der Waals surface area contributed by atoms with Crippen LogP contribution >= 0.6 is 11.6 Å². The molecule has 1 aliphatic rings. The van der Waals surface area contributed by atoms with E-state index in [0.29, 0.717) is 27.0 Å². The number of anilines is 2. The van der Waals surface area contributed by atoms with Crippen molar-refractivity contribution in [2.24, 2.45) is 7.05 Å². The Morgan fingerprint density at radius 3 is 2.36 bits per heavy atom. The zero-order valence-electron chi connectivity index (χ0n) is 23.9. The number of aryl methyl sites for hydroxylation is 1. The third-order valence-electron chi connectivity index (χ3n) is 7.48. The summed E-state index contributed by atoms with van der Waals surface area (Å²) in [4.78, 5) is 44.5. The number of nitrogens with zero attached hydrogens (tertiary/aromatic N) is 5. The summed E-state index contributed by atoms with van der Waals surface area (Å²) >= 11 is 6.22. The molecule has 3 aromatic carbocycles. The fourth-order valence-electron chi connectivity index (χ4n) is 5.52. The molecular formula is C31H26ClF2N5O5. The topological polar surface area (TPSA) is 98.9 Å². The molecule has 0 atom stereocenters. The first-order chi connectivity index (χ1) is 21.0. The van der Waals surface area contributed by atoms with Crippen LogP contribution in [0.4, 0.5) is 20.2 Å². The van der Waals surface area contributed by atoms with Crippen LogP contribution in [-0.2, 0) is 18.4 Å². The average Bonchev–Trinajstić information content (AvgIpc) is 3.47. The van der Waals surface area contributed by atoms with Crippen LogP contribution in [0.2, 0.25) is 5.02 Å². The number of amides is 2. The molecule has 2 aromatic heterocycles. The van der Waals surface area contributed by atoms with Gasteiger partial charge in [0.25, 0.3) is 11.5 Å². The number of benzene rings is 3. The van der Waals surface area contributed by atoms with Crippen molar-refractivity contribution in [1.82, 2.24) is 14.3 Å². The van der Waals surface area contributed by atoms with Crippen molar-refractivity contribution in [1.29, 1.82) is 0 Å². The molecule has 5 aromatic rings. The normalized spacial score (nSPS) is 13.4. The smallest absolute Gasteiger partial charge is 0.395 e. The maximum Gasteiger partial charge on any atom is 0.586 e. The van der Waals surface area contributed by atoms with Crippen molar-refractivity contribution in [3.63, 3.8) is 0 Å². The first kappa shape index (κ1) is 29.1. The number of ether oxygens (including phenoxy) is 2. The summed E-state index contributed by atoms with van der Waals surface area (Å²) in [6, 6.07) is 18.1. The van der Waals surface area contributed by atoms with E-state index in [2.05, 4.69) is 14.6 Å². The fourth-order valence-corrected chi connectivity index (χ4v) is 5.70. The van der Waals surface area contributed by atoms with Crippen LogP contribution in [0.15, 0.2) is 71.5 Å². The highest BCUT2D eigenvalue weighted by atomic mass is 35.5. The van der Waals surface area contributed by atoms with Gasteiger partial charge in [-0.1, -0.05) is 35.9 Å². The van der Waals surface area contributed by atoms with Crippen LogP contribution in [0.3, 0.4) is 0 Å². The summed E-state index contributed by atoms with van der Waals surface area (Å²) in [5.41, 5.74) is 1.12. The van der Waals surface area contributed by atoms with Crippen LogP contribution in [0.5, 0.6) is 11.5 Å². The number of halogens is 3.